The molecule has 2 heteroatoms. The van der Waals surface area contributed by atoms with Gasteiger partial charge in [-0.25, -0.2) is 0 Å². The fourth-order valence-corrected chi connectivity index (χ4v) is 6.72. The van der Waals surface area contributed by atoms with E-state index in [9.17, 15) is 0 Å². The Bertz CT molecular complexity index is 2350. The minimum Gasteiger partial charge on any atom is -0.311 e. The molecule has 0 saturated heterocycles. The van der Waals surface area contributed by atoms with Gasteiger partial charge >= 0.3 is 0 Å². The van der Waals surface area contributed by atoms with Crippen molar-refractivity contribution in [2.45, 2.75) is 6.92 Å². The monoisotopic (exact) mass is 654 g/mol. The third-order valence-electron chi connectivity index (χ3n) is 9.29. The van der Waals surface area contributed by atoms with Crippen molar-refractivity contribution in [2.24, 2.45) is 0 Å². The second kappa shape index (κ2) is 14.5. The summed E-state index contributed by atoms with van der Waals surface area (Å²) in [5, 5.41) is 2.46. The van der Waals surface area contributed by atoms with E-state index in [1.807, 2.05) is 0 Å². The number of anilines is 6. The highest BCUT2D eigenvalue weighted by Crippen LogP contribution is 2.40. The number of rotatable bonds is 9. The maximum absolute atomic E-state index is 2.36. The van der Waals surface area contributed by atoms with Gasteiger partial charge in [0.25, 0.3) is 0 Å². The Morgan fingerprint density at radius 2 is 0.804 bits per heavy atom. The van der Waals surface area contributed by atoms with Crippen molar-refractivity contribution in [3.8, 4) is 11.1 Å². The molecular weight excluding hydrogens is 617 g/mol. The van der Waals surface area contributed by atoms with Gasteiger partial charge in [0, 0.05) is 33.8 Å². The molecule has 244 valence electrons. The number of nitrogens with zero attached hydrogens (tertiary/aromatic N) is 2. The first kappa shape index (κ1) is 31.6. The predicted octanol–water partition coefficient (Wildman–Crippen LogP) is 13.9. The van der Waals surface area contributed by atoms with Gasteiger partial charge in [-0.3, -0.25) is 0 Å². The standard InChI is InChI=1S/C49H38N2/c1-37-12-10-19-47(36-37)51(49-21-11-14-42-13-8-9-20-48(42)49)46-34-30-41(31-35-46)40-28-24-38(25-29-40)22-23-39-26-32-45(33-27-39)50(43-15-4-2-5-16-43)44-17-6-3-7-18-44/h2-36H,1H3. The van der Waals surface area contributed by atoms with Crippen LogP contribution in [0.15, 0.2) is 200 Å². The molecule has 8 rings (SSSR count). The minimum atomic E-state index is 1.12. The van der Waals surface area contributed by atoms with Gasteiger partial charge in [-0.2, -0.15) is 0 Å². The second-order valence-electron chi connectivity index (χ2n) is 12.8. The van der Waals surface area contributed by atoms with Crippen LogP contribution in [0.1, 0.15) is 16.7 Å². The Kier molecular flexibility index (Phi) is 8.96. The molecule has 0 amide bonds. The molecule has 0 aliphatic rings. The molecular formula is C49H38N2. The lowest BCUT2D eigenvalue weighted by Crippen LogP contribution is -2.10. The average Bonchev–Trinajstić information content (AvgIpc) is 3.19. The average molecular weight is 655 g/mol. The summed E-state index contributed by atoms with van der Waals surface area (Å²) < 4.78 is 0. The van der Waals surface area contributed by atoms with Gasteiger partial charge in [0.1, 0.15) is 0 Å². The zero-order chi connectivity index (χ0) is 34.4. The van der Waals surface area contributed by atoms with Gasteiger partial charge in [0.15, 0.2) is 0 Å². The van der Waals surface area contributed by atoms with Crippen molar-refractivity contribution in [1.82, 2.24) is 0 Å². The van der Waals surface area contributed by atoms with Gasteiger partial charge in [-0.05, 0) is 107 Å². The summed E-state index contributed by atoms with van der Waals surface area (Å²) in [6, 6.07) is 71.3. The van der Waals surface area contributed by atoms with Crippen molar-refractivity contribution >= 4 is 57.0 Å². The van der Waals surface area contributed by atoms with E-state index < -0.39 is 0 Å². The number of hydrogen-bond acceptors (Lipinski definition) is 2. The van der Waals surface area contributed by atoms with Crippen molar-refractivity contribution < 1.29 is 0 Å². The van der Waals surface area contributed by atoms with Crippen LogP contribution < -0.4 is 9.80 Å². The van der Waals surface area contributed by atoms with Crippen molar-refractivity contribution in [1.29, 1.82) is 0 Å². The Morgan fingerprint density at radius 3 is 1.43 bits per heavy atom. The van der Waals surface area contributed by atoms with Crippen molar-refractivity contribution in [3.63, 3.8) is 0 Å². The van der Waals surface area contributed by atoms with Gasteiger partial charge < -0.3 is 9.80 Å². The summed E-state index contributed by atoms with van der Waals surface area (Å²) in [5.41, 5.74) is 12.8. The Balaban J connectivity index is 1.01. The highest BCUT2D eigenvalue weighted by Gasteiger charge is 2.16. The number of benzene rings is 8. The molecule has 0 aliphatic carbocycles. The number of aryl methyl sites for hydroxylation is 1. The molecule has 0 atom stereocenters. The minimum absolute atomic E-state index is 1.12. The summed E-state index contributed by atoms with van der Waals surface area (Å²) in [6.45, 7) is 2.15. The Morgan fingerprint density at radius 1 is 0.353 bits per heavy atom. The highest BCUT2D eigenvalue weighted by molar-refractivity contribution is 5.99. The first-order valence-corrected chi connectivity index (χ1v) is 17.4. The molecule has 8 aromatic rings. The van der Waals surface area contributed by atoms with E-state index in [1.165, 1.54) is 33.2 Å². The number of fused-ring (bicyclic) bond motifs is 1. The molecule has 0 heterocycles. The molecule has 0 aliphatic heterocycles. The first-order valence-electron chi connectivity index (χ1n) is 17.4. The molecule has 8 aromatic carbocycles. The quantitative estimate of drug-likeness (QED) is 0.143. The van der Waals surface area contributed by atoms with Crippen molar-refractivity contribution in [3.05, 3.63) is 217 Å². The molecule has 0 fully saturated rings. The van der Waals surface area contributed by atoms with Crippen LogP contribution in [0.3, 0.4) is 0 Å². The van der Waals surface area contributed by atoms with E-state index >= 15 is 0 Å². The molecule has 51 heavy (non-hydrogen) atoms. The molecule has 0 bridgehead atoms. The maximum Gasteiger partial charge on any atom is 0.0540 e. The Labute approximate surface area is 300 Å². The lowest BCUT2D eigenvalue weighted by Gasteiger charge is -2.27. The van der Waals surface area contributed by atoms with E-state index in [2.05, 4.69) is 229 Å². The van der Waals surface area contributed by atoms with E-state index in [0.29, 0.717) is 0 Å². The van der Waals surface area contributed by atoms with Gasteiger partial charge in [0.05, 0.1) is 5.69 Å². The van der Waals surface area contributed by atoms with Crippen LogP contribution in [0.4, 0.5) is 34.1 Å². The second-order valence-corrected chi connectivity index (χ2v) is 12.8. The zero-order valence-corrected chi connectivity index (χ0v) is 28.6. The number of hydrogen-bond donors (Lipinski definition) is 0. The first-order chi connectivity index (χ1) is 25.2. The fraction of sp³-hybridized carbons (Fsp3) is 0.0204. The summed E-state index contributed by atoms with van der Waals surface area (Å²) in [5.74, 6) is 0. The SMILES string of the molecule is Cc1cccc(N(c2ccc(-c3ccc(C=Cc4ccc(N(c5ccccc5)c5ccccc5)cc4)cc3)cc2)c2cccc3ccccc23)c1. The van der Waals surface area contributed by atoms with E-state index in [4.69, 9.17) is 0 Å². The normalized spacial score (nSPS) is 11.2. The molecule has 2 nitrogen and oxygen atoms in total. The number of para-hydroxylation sites is 2. The summed E-state index contributed by atoms with van der Waals surface area (Å²) in [4.78, 5) is 4.64. The maximum atomic E-state index is 2.36. The lowest BCUT2D eigenvalue weighted by atomic mass is 10.0. The largest absolute Gasteiger partial charge is 0.311 e. The van der Waals surface area contributed by atoms with E-state index in [1.54, 1.807) is 0 Å². The van der Waals surface area contributed by atoms with Gasteiger partial charge in [-0.1, -0.05) is 146 Å². The summed E-state index contributed by atoms with van der Waals surface area (Å²) in [6.07, 6.45) is 4.36. The van der Waals surface area contributed by atoms with Crippen LogP contribution >= 0.6 is 0 Å². The van der Waals surface area contributed by atoms with E-state index in [0.717, 1.165) is 39.6 Å². The van der Waals surface area contributed by atoms with Gasteiger partial charge in [-0.15, -0.1) is 0 Å². The van der Waals surface area contributed by atoms with Crippen LogP contribution in [0.25, 0.3) is 34.1 Å². The summed E-state index contributed by atoms with van der Waals surface area (Å²) in [7, 11) is 0. The third kappa shape index (κ3) is 6.94. The van der Waals surface area contributed by atoms with Crippen LogP contribution in [-0.2, 0) is 0 Å². The molecule has 0 radical (unpaired) electrons. The third-order valence-corrected chi connectivity index (χ3v) is 9.29. The molecule has 0 unspecified atom stereocenters. The van der Waals surface area contributed by atoms with Crippen LogP contribution in [-0.4, -0.2) is 0 Å². The summed E-state index contributed by atoms with van der Waals surface area (Å²) >= 11 is 0. The highest BCUT2D eigenvalue weighted by atomic mass is 15.1. The topological polar surface area (TPSA) is 6.48 Å². The van der Waals surface area contributed by atoms with Gasteiger partial charge in [0.2, 0.25) is 0 Å². The molecule has 0 N–H and O–H groups in total. The molecule has 0 aromatic heterocycles. The Hall–Kier alpha value is -6.64. The smallest absolute Gasteiger partial charge is 0.0540 e. The van der Waals surface area contributed by atoms with Crippen LogP contribution in [0, 0.1) is 6.92 Å². The van der Waals surface area contributed by atoms with Crippen LogP contribution in [0.5, 0.6) is 0 Å². The lowest BCUT2D eigenvalue weighted by molar-refractivity contribution is 1.28. The zero-order valence-electron chi connectivity index (χ0n) is 28.6. The molecule has 0 spiro atoms. The van der Waals surface area contributed by atoms with Crippen molar-refractivity contribution in [2.75, 3.05) is 9.80 Å². The fourth-order valence-electron chi connectivity index (χ4n) is 6.72. The van der Waals surface area contributed by atoms with E-state index in [-0.39, 0.29) is 0 Å². The molecule has 0 saturated carbocycles. The van der Waals surface area contributed by atoms with Crippen LogP contribution in [0.2, 0.25) is 0 Å². The predicted molar refractivity (Wildman–Crippen MR) is 219 cm³/mol.